The lowest BCUT2D eigenvalue weighted by Crippen LogP contribution is -2.23. The van der Waals surface area contributed by atoms with Crippen molar-refractivity contribution in [2.45, 2.75) is 6.54 Å². The molecule has 1 amide bonds. The van der Waals surface area contributed by atoms with Crippen LogP contribution in [0.25, 0.3) is 10.8 Å². The number of carbonyl (C=O) groups is 1. The lowest BCUT2D eigenvalue weighted by atomic mass is 10.1. The minimum Gasteiger partial charge on any atom is -0.495 e. The summed E-state index contributed by atoms with van der Waals surface area (Å²) < 4.78 is 11.4. The zero-order chi connectivity index (χ0) is 15.5. The Bertz CT molecular complexity index is 812. The lowest BCUT2D eigenvalue weighted by molar-refractivity contribution is 0.0945. The van der Waals surface area contributed by atoms with Gasteiger partial charge in [0.2, 0.25) is 0 Å². The second-order valence-electron chi connectivity index (χ2n) is 4.75. The average Bonchev–Trinajstić information content (AvgIpc) is 3.06. The summed E-state index contributed by atoms with van der Waals surface area (Å²) in [5.41, 5.74) is 0.486. The molecule has 4 nitrogen and oxygen atoms in total. The maximum atomic E-state index is 12.5. The Hall–Kier alpha value is -2.27. The lowest BCUT2D eigenvalue weighted by Gasteiger charge is -2.13. The van der Waals surface area contributed by atoms with E-state index in [0.717, 1.165) is 15.2 Å². The highest BCUT2D eigenvalue weighted by Crippen LogP contribution is 2.36. The third-order valence-corrected chi connectivity index (χ3v) is 4.18. The van der Waals surface area contributed by atoms with Crippen molar-refractivity contribution in [3.05, 3.63) is 64.5 Å². The molecule has 0 aliphatic heterocycles. The van der Waals surface area contributed by atoms with Gasteiger partial charge in [-0.25, -0.2) is 0 Å². The number of amides is 1. The Morgan fingerprint density at radius 2 is 2.09 bits per heavy atom. The normalized spacial score (nSPS) is 10.6. The minimum atomic E-state index is -0.209. The van der Waals surface area contributed by atoms with Crippen molar-refractivity contribution in [2.75, 3.05) is 7.11 Å². The first-order valence-electron chi connectivity index (χ1n) is 6.76. The van der Waals surface area contributed by atoms with Crippen LogP contribution in [0.4, 0.5) is 0 Å². The summed E-state index contributed by atoms with van der Waals surface area (Å²) in [4.78, 5) is 12.5. The Morgan fingerprint density at radius 3 is 2.82 bits per heavy atom. The predicted octanol–water partition coefficient (Wildman–Crippen LogP) is 4.13. The Morgan fingerprint density at radius 1 is 1.27 bits per heavy atom. The van der Waals surface area contributed by atoms with Crippen molar-refractivity contribution in [3.8, 4) is 5.75 Å². The Balaban J connectivity index is 1.96. The topological polar surface area (TPSA) is 51.5 Å². The number of nitrogens with one attached hydrogen (secondary N) is 1. The van der Waals surface area contributed by atoms with E-state index in [0.29, 0.717) is 23.6 Å². The van der Waals surface area contributed by atoms with Crippen molar-refractivity contribution in [3.63, 3.8) is 0 Å². The standard InChI is InChI=1S/C17H14BrNO3/c1-21-16-14(17(20)19-10-12-6-4-8-22-12)9-11-5-2-3-7-13(11)15(16)18/h2-9H,10H2,1H3,(H,19,20). The SMILES string of the molecule is COc1c(C(=O)NCc2ccco2)cc2ccccc2c1Br. The number of hydrogen-bond donors (Lipinski definition) is 1. The number of hydrogen-bond acceptors (Lipinski definition) is 3. The van der Waals surface area contributed by atoms with Crippen molar-refractivity contribution in [1.82, 2.24) is 5.32 Å². The summed E-state index contributed by atoms with van der Waals surface area (Å²) in [5, 5.41) is 4.81. The summed E-state index contributed by atoms with van der Waals surface area (Å²) in [7, 11) is 1.55. The summed E-state index contributed by atoms with van der Waals surface area (Å²) in [6.07, 6.45) is 1.58. The van der Waals surface area contributed by atoms with Crippen LogP contribution in [0.5, 0.6) is 5.75 Å². The van der Waals surface area contributed by atoms with Crippen molar-refractivity contribution < 1.29 is 13.9 Å². The number of rotatable bonds is 4. The van der Waals surface area contributed by atoms with Crippen LogP contribution in [-0.2, 0) is 6.54 Å². The van der Waals surface area contributed by atoms with E-state index in [2.05, 4.69) is 21.2 Å². The third kappa shape index (κ3) is 2.72. The van der Waals surface area contributed by atoms with Crippen LogP contribution in [0.2, 0.25) is 0 Å². The smallest absolute Gasteiger partial charge is 0.255 e. The quantitative estimate of drug-likeness (QED) is 0.761. The van der Waals surface area contributed by atoms with Crippen LogP contribution in [0.1, 0.15) is 16.1 Å². The van der Waals surface area contributed by atoms with Crippen LogP contribution in [-0.4, -0.2) is 13.0 Å². The van der Waals surface area contributed by atoms with E-state index in [1.165, 1.54) is 0 Å². The van der Waals surface area contributed by atoms with Crippen LogP contribution >= 0.6 is 15.9 Å². The summed E-state index contributed by atoms with van der Waals surface area (Å²) in [6, 6.07) is 13.3. The first-order chi connectivity index (χ1) is 10.7. The first-order valence-corrected chi connectivity index (χ1v) is 7.56. The van der Waals surface area contributed by atoms with E-state index < -0.39 is 0 Å². The molecule has 2 aromatic carbocycles. The Labute approximate surface area is 136 Å². The highest BCUT2D eigenvalue weighted by molar-refractivity contribution is 9.10. The molecule has 5 heteroatoms. The molecule has 1 N–H and O–H groups in total. The zero-order valence-electron chi connectivity index (χ0n) is 11.9. The summed E-state index contributed by atoms with van der Waals surface area (Å²) in [6.45, 7) is 0.333. The second kappa shape index (κ2) is 6.23. The van der Waals surface area contributed by atoms with Gasteiger partial charge in [0.05, 0.1) is 30.0 Å². The van der Waals surface area contributed by atoms with E-state index >= 15 is 0 Å². The number of carbonyl (C=O) groups excluding carboxylic acids is 1. The van der Waals surface area contributed by atoms with Gasteiger partial charge in [0.1, 0.15) is 11.5 Å². The molecule has 112 valence electrons. The molecule has 3 aromatic rings. The Kier molecular flexibility index (Phi) is 4.15. The number of furan rings is 1. The number of ether oxygens (including phenoxy) is 1. The van der Waals surface area contributed by atoms with Gasteiger partial charge in [-0.05, 0) is 44.9 Å². The molecular formula is C17H14BrNO3. The summed E-state index contributed by atoms with van der Waals surface area (Å²) >= 11 is 3.53. The van der Waals surface area contributed by atoms with Crippen LogP contribution in [0, 0.1) is 0 Å². The molecule has 0 fully saturated rings. The van der Waals surface area contributed by atoms with Gasteiger partial charge in [0, 0.05) is 0 Å². The largest absolute Gasteiger partial charge is 0.495 e. The molecule has 1 aromatic heterocycles. The van der Waals surface area contributed by atoms with E-state index in [9.17, 15) is 4.79 Å². The van der Waals surface area contributed by atoms with E-state index in [1.54, 1.807) is 19.4 Å². The van der Waals surface area contributed by atoms with E-state index in [-0.39, 0.29) is 5.91 Å². The van der Waals surface area contributed by atoms with E-state index in [1.807, 2.05) is 36.4 Å². The minimum absolute atomic E-state index is 0.209. The van der Waals surface area contributed by atoms with Crippen LogP contribution in [0.3, 0.4) is 0 Å². The molecule has 0 aliphatic rings. The monoisotopic (exact) mass is 359 g/mol. The number of fused-ring (bicyclic) bond motifs is 1. The molecule has 0 atom stereocenters. The number of benzene rings is 2. The second-order valence-corrected chi connectivity index (χ2v) is 5.55. The maximum Gasteiger partial charge on any atom is 0.255 e. The molecule has 0 saturated heterocycles. The molecule has 1 heterocycles. The van der Waals surface area contributed by atoms with Crippen molar-refractivity contribution in [2.24, 2.45) is 0 Å². The molecule has 0 unspecified atom stereocenters. The molecule has 0 aliphatic carbocycles. The zero-order valence-corrected chi connectivity index (χ0v) is 13.5. The first kappa shape index (κ1) is 14.7. The van der Waals surface area contributed by atoms with Gasteiger partial charge in [0.25, 0.3) is 5.91 Å². The average molecular weight is 360 g/mol. The summed E-state index contributed by atoms with van der Waals surface area (Å²) in [5.74, 6) is 1.02. The highest BCUT2D eigenvalue weighted by atomic mass is 79.9. The number of halogens is 1. The van der Waals surface area contributed by atoms with Crippen molar-refractivity contribution >= 4 is 32.6 Å². The van der Waals surface area contributed by atoms with Gasteiger partial charge in [-0.3, -0.25) is 4.79 Å². The molecule has 3 rings (SSSR count). The fraction of sp³-hybridized carbons (Fsp3) is 0.118. The molecule has 22 heavy (non-hydrogen) atoms. The van der Waals surface area contributed by atoms with Gasteiger partial charge < -0.3 is 14.5 Å². The fourth-order valence-electron chi connectivity index (χ4n) is 2.33. The molecular weight excluding hydrogens is 346 g/mol. The van der Waals surface area contributed by atoms with E-state index in [4.69, 9.17) is 9.15 Å². The van der Waals surface area contributed by atoms with Gasteiger partial charge >= 0.3 is 0 Å². The van der Waals surface area contributed by atoms with Gasteiger partial charge in [-0.2, -0.15) is 0 Å². The van der Waals surface area contributed by atoms with Crippen molar-refractivity contribution in [1.29, 1.82) is 0 Å². The third-order valence-electron chi connectivity index (χ3n) is 3.39. The molecule has 0 spiro atoms. The van der Waals surface area contributed by atoms with Crippen LogP contribution < -0.4 is 10.1 Å². The maximum absolute atomic E-state index is 12.5. The highest BCUT2D eigenvalue weighted by Gasteiger charge is 2.18. The van der Waals surface area contributed by atoms with Gasteiger partial charge in [0.15, 0.2) is 0 Å². The number of methoxy groups -OCH3 is 1. The molecule has 0 saturated carbocycles. The molecule has 0 radical (unpaired) electrons. The fourth-order valence-corrected chi connectivity index (χ4v) is 3.06. The molecule has 0 bridgehead atoms. The van der Waals surface area contributed by atoms with Gasteiger partial charge in [-0.15, -0.1) is 0 Å². The predicted molar refractivity (Wildman–Crippen MR) is 88.1 cm³/mol. The van der Waals surface area contributed by atoms with Gasteiger partial charge in [-0.1, -0.05) is 24.3 Å². The van der Waals surface area contributed by atoms with Crippen LogP contribution in [0.15, 0.2) is 57.6 Å².